The highest BCUT2D eigenvalue weighted by Crippen LogP contribution is 2.34. The van der Waals surface area contributed by atoms with Gasteiger partial charge in [-0.25, -0.2) is 8.42 Å². The number of hydrogen-bond donors (Lipinski definition) is 2. The molecule has 2 N–H and O–H groups in total. The average Bonchev–Trinajstić information content (AvgIpc) is 3.27. The Morgan fingerprint density at radius 1 is 1.11 bits per heavy atom. The Kier molecular flexibility index (Phi) is 9.18. The third-order valence-corrected chi connectivity index (χ3v) is 8.34. The quantitative estimate of drug-likeness (QED) is 0.280. The Morgan fingerprint density at radius 2 is 1.84 bits per heavy atom. The Balaban J connectivity index is 1.35. The number of piperidine rings is 1. The van der Waals surface area contributed by atoms with Crippen LogP contribution in [0.5, 0.6) is 0 Å². The highest BCUT2D eigenvalue weighted by molar-refractivity contribution is 7.89. The fourth-order valence-electron chi connectivity index (χ4n) is 4.73. The van der Waals surface area contributed by atoms with Crippen LogP contribution in [0.15, 0.2) is 59.6 Å². The van der Waals surface area contributed by atoms with E-state index >= 15 is 0 Å². The van der Waals surface area contributed by atoms with Gasteiger partial charge in [-0.05, 0) is 87.5 Å². The minimum Gasteiger partial charge on any atom is -0.361 e. The van der Waals surface area contributed by atoms with Crippen molar-refractivity contribution < 1.29 is 26.4 Å². The number of aryl methyl sites for hydroxylation is 1. The number of nitrogens with one attached hydrogen (secondary N) is 2. The summed E-state index contributed by atoms with van der Waals surface area (Å²) >= 11 is 6.15. The highest BCUT2D eigenvalue weighted by Gasteiger charge is 2.41. The number of likely N-dealkylation sites (tertiary alicyclic amines) is 1. The predicted octanol–water partition coefficient (Wildman–Crippen LogP) is 6.09. The van der Waals surface area contributed by atoms with Gasteiger partial charge < -0.3 is 9.88 Å². The first kappa shape index (κ1) is 27.9. The zero-order valence-corrected chi connectivity index (χ0v) is 21.9. The van der Waals surface area contributed by atoms with Crippen LogP contribution in [0.25, 0.3) is 10.9 Å². The van der Waals surface area contributed by atoms with Crippen molar-refractivity contribution in [3.63, 3.8) is 0 Å². The van der Waals surface area contributed by atoms with Gasteiger partial charge in [0.05, 0.1) is 16.9 Å². The highest BCUT2D eigenvalue weighted by atomic mass is 35.5. The van der Waals surface area contributed by atoms with Crippen LogP contribution < -0.4 is 4.89 Å². The van der Waals surface area contributed by atoms with Crippen molar-refractivity contribution in [2.75, 3.05) is 19.6 Å². The minimum absolute atomic E-state index is 0.0821. The smallest absolute Gasteiger partial charge is 0.361 e. The third kappa shape index (κ3) is 7.70. The van der Waals surface area contributed by atoms with Crippen molar-refractivity contribution in [3.05, 3.63) is 65.3 Å². The fraction of sp³-hybridized carbons (Fsp3) is 0.462. The van der Waals surface area contributed by atoms with Gasteiger partial charge in [0.1, 0.15) is 0 Å². The molecule has 6 nitrogen and oxygen atoms in total. The van der Waals surface area contributed by atoms with Crippen molar-refractivity contribution in [3.8, 4) is 0 Å². The van der Waals surface area contributed by atoms with E-state index in [0.29, 0.717) is 37.5 Å². The van der Waals surface area contributed by atoms with E-state index in [-0.39, 0.29) is 17.7 Å². The molecule has 1 unspecified atom stereocenters. The Morgan fingerprint density at radius 3 is 2.54 bits per heavy atom. The first-order chi connectivity index (χ1) is 17.6. The van der Waals surface area contributed by atoms with Crippen LogP contribution in [-0.4, -0.2) is 50.2 Å². The van der Waals surface area contributed by atoms with Crippen LogP contribution in [-0.2, 0) is 21.3 Å². The summed E-state index contributed by atoms with van der Waals surface area (Å²) in [5.74, 6) is -1.25. The van der Waals surface area contributed by atoms with E-state index in [9.17, 15) is 21.6 Å². The molecule has 1 saturated heterocycles. The van der Waals surface area contributed by atoms with Gasteiger partial charge in [-0.3, -0.25) is 4.84 Å². The normalized spacial score (nSPS) is 16.9. The largest absolute Gasteiger partial charge is 0.391 e. The second-order valence-corrected chi connectivity index (χ2v) is 11.6. The maximum Gasteiger partial charge on any atom is 0.391 e. The molecule has 0 bridgehead atoms. The van der Waals surface area contributed by atoms with Crippen molar-refractivity contribution in [1.29, 1.82) is 0 Å². The first-order valence-electron chi connectivity index (χ1n) is 12.4. The molecule has 202 valence electrons. The predicted molar refractivity (Wildman–Crippen MR) is 138 cm³/mol. The van der Waals surface area contributed by atoms with Gasteiger partial charge in [0.2, 0.25) is 0 Å². The van der Waals surface area contributed by atoms with Gasteiger partial charge in [0.15, 0.2) is 0 Å². The Bertz CT molecular complexity index is 1260. The lowest BCUT2D eigenvalue weighted by atomic mass is 9.96. The van der Waals surface area contributed by atoms with Crippen molar-refractivity contribution in [1.82, 2.24) is 14.8 Å². The number of aromatic nitrogens is 1. The van der Waals surface area contributed by atoms with Gasteiger partial charge >= 0.3 is 6.18 Å². The van der Waals surface area contributed by atoms with Crippen LogP contribution in [0.3, 0.4) is 0 Å². The fourth-order valence-corrected chi connectivity index (χ4v) is 5.78. The van der Waals surface area contributed by atoms with Crippen LogP contribution in [0.1, 0.15) is 37.7 Å². The van der Waals surface area contributed by atoms with Gasteiger partial charge in [-0.2, -0.15) is 13.2 Å². The number of benzene rings is 2. The SMILES string of the molecule is O=S(=O)(NOC(CCCc1c[nH]c2ccc(Cl)cc12)CCN1CCC(C(F)(F)F)CC1)c1ccccc1. The number of alkyl halides is 3. The van der Waals surface area contributed by atoms with Gasteiger partial charge in [-0.1, -0.05) is 34.7 Å². The molecule has 3 aromatic rings. The molecule has 0 amide bonds. The molecule has 1 aliphatic rings. The van der Waals surface area contributed by atoms with E-state index in [1.165, 1.54) is 12.1 Å². The number of nitrogens with zero attached hydrogens (tertiary/aromatic N) is 1. The molecule has 2 aromatic carbocycles. The minimum atomic E-state index is -4.15. The Hall–Kier alpha value is -2.11. The molecule has 0 saturated carbocycles. The second kappa shape index (κ2) is 12.2. The van der Waals surface area contributed by atoms with Crippen LogP contribution in [0.2, 0.25) is 5.02 Å². The molecule has 1 atom stereocenters. The number of halogens is 4. The van der Waals surface area contributed by atoms with Crippen LogP contribution in [0.4, 0.5) is 13.2 Å². The molecule has 0 aliphatic carbocycles. The van der Waals surface area contributed by atoms with Crippen molar-refractivity contribution in [2.45, 2.75) is 55.7 Å². The number of aromatic amines is 1. The summed E-state index contributed by atoms with van der Waals surface area (Å²) in [6, 6.07) is 13.6. The monoisotopic (exact) mass is 557 g/mol. The lowest BCUT2D eigenvalue weighted by molar-refractivity contribution is -0.185. The summed E-state index contributed by atoms with van der Waals surface area (Å²) in [4.78, 5) is 13.3. The number of hydrogen-bond acceptors (Lipinski definition) is 4. The van der Waals surface area contributed by atoms with Gasteiger partial charge in [0, 0.05) is 28.7 Å². The summed E-state index contributed by atoms with van der Waals surface area (Å²) in [6.07, 6.45) is 0.0533. The third-order valence-electron chi connectivity index (χ3n) is 6.90. The van der Waals surface area contributed by atoms with Crippen molar-refractivity contribution >= 4 is 32.5 Å². The zero-order valence-electron chi connectivity index (χ0n) is 20.3. The van der Waals surface area contributed by atoms with E-state index in [1.54, 1.807) is 18.2 Å². The van der Waals surface area contributed by atoms with E-state index < -0.39 is 28.2 Å². The summed E-state index contributed by atoms with van der Waals surface area (Å²) in [7, 11) is -3.85. The van der Waals surface area contributed by atoms with Gasteiger partial charge in [0.25, 0.3) is 10.0 Å². The molecule has 11 heteroatoms. The number of fused-ring (bicyclic) bond motifs is 1. The maximum absolute atomic E-state index is 13.0. The summed E-state index contributed by atoms with van der Waals surface area (Å²) in [5, 5.41) is 1.70. The molecular formula is C26H31ClF3N3O3S. The van der Waals surface area contributed by atoms with Crippen molar-refractivity contribution in [2.24, 2.45) is 5.92 Å². The van der Waals surface area contributed by atoms with Gasteiger partial charge in [-0.15, -0.1) is 0 Å². The number of rotatable bonds is 11. The number of sulfonamides is 1. The molecule has 4 rings (SSSR count). The molecule has 1 aliphatic heterocycles. The Labute approximate surface area is 220 Å². The molecule has 1 aromatic heterocycles. The number of H-pyrrole nitrogens is 1. The molecule has 37 heavy (non-hydrogen) atoms. The summed E-state index contributed by atoms with van der Waals surface area (Å²) in [5.41, 5.74) is 2.10. The average molecular weight is 558 g/mol. The van der Waals surface area contributed by atoms with Crippen LogP contribution in [0, 0.1) is 5.92 Å². The molecule has 1 fully saturated rings. The topological polar surface area (TPSA) is 74.4 Å². The second-order valence-electron chi connectivity index (χ2n) is 9.48. The van der Waals surface area contributed by atoms with E-state index in [2.05, 4.69) is 9.87 Å². The first-order valence-corrected chi connectivity index (χ1v) is 14.2. The lowest BCUT2D eigenvalue weighted by Crippen LogP contribution is -2.40. The standard InChI is InChI=1S/C26H31ClF3N3O3S/c27-21-9-10-25-24(17-21)19(18-31-25)5-4-6-22(36-32-37(34,35)23-7-2-1-3-8-23)13-16-33-14-11-20(12-15-33)26(28,29)30/h1-3,7-10,17-18,20,22,31-32H,4-6,11-16H2. The van der Waals surface area contributed by atoms with E-state index in [1.807, 2.05) is 29.3 Å². The van der Waals surface area contributed by atoms with E-state index in [4.69, 9.17) is 16.4 Å². The molecular weight excluding hydrogens is 527 g/mol. The summed E-state index contributed by atoms with van der Waals surface area (Å²) in [6.45, 7) is 1.26. The molecule has 2 heterocycles. The maximum atomic E-state index is 13.0. The molecule has 0 radical (unpaired) electrons. The molecule has 0 spiro atoms. The van der Waals surface area contributed by atoms with Crippen LogP contribution >= 0.6 is 11.6 Å². The van der Waals surface area contributed by atoms with E-state index in [0.717, 1.165) is 29.3 Å². The zero-order chi connectivity index (χ0) is 26.5. The lowest BCUT2D eigenvalue weighted by Gasteiger charge is -2.33. The summed E-state index contributed by atoms with van der Waals surface area (Å²) < 4.78 is 64.3.